The maximum Gasteiger partial charge on any atom is 0.123 e. The second kappa shape index (κ2) is 7.87. The maximum absolute atomic E-state index is 9.13. The van der Waals surface area contributed by atoms with E-state index in [1.165, 1.54) is 0 Å². The van der Waals surface area contributed by atoms with Crippen molar-refractivity contribution in [2.75, 3.05) is 19.7 Å². The third-order valence-corrected chi connectivity index (χ3v) is 3.18. The fraction of sp³-hybridized carbons (Fsp3) is 0.625. The number of rotatable bonds is 7. The number of aliphatic hydroxyl groups excluding tert-OH is 1. The van der Waals surface area contributed by atoms with Gasteiger partial charge in [0.1, 0.15) is 5.75 Å². The molecule has 1 aromatic rings. The molecule has 0 radical (unpaired) electrons. The molecule has 0 saturated heterocycles. The zero-order valence-corrected chi connectivity index (χ0v) is 13.6. The van der Waals surface area contributed by atoms with E-state index in [0.717, 1.165) is 29.3 Å². The molecule has 0 aliphatic rings. The standard InChI is InChI=1S/C16H26ClNO2/c1-12(19)11-18-8-5-9-20-15-7-6-13(17)10-14(15)16(2,3)4/h6-7,10,12,18-19H,5,8-9,11H2,1-4H3/t12-/m0/s1. The molecule has 4 heteroatoms. The van der Waals surface area contributed by atoms with Gasteiger partial charge in [0.15, 0.2) is 0 Å². The van der Waals surface area contributed by atoms with E-state index < -0.39 is 0 Å². The first-order valence-corrected chi connectivity index (χ1v) is 7.50. The lowest BCUT2D eigenvalue weighted by molar-refractivity contribution is 0.190. The molecular formula is C16H26ClNO2. The van der Waals surface area contributed by atoms with Crippen LogP contribution in [0, 0.1) is 0 Å². The molecule has 0 unspecified atom stereocenters. The molecule has 114 valence electrons. The lowest BCUT2D eigenvalue weighted by atomic mass is 9.86. The van der Waals surface area contributed by atoms with E-state index in [9.17, 15) is 0 Å². The quantitative estimate of drug-likeness (QED) is 0.759. The molecule has 0 heterocycles. The van der Waals surface area contributed by atoms with Gasteiger partial charge in [-0.15, -0.1) is 0 Å². The SMILES string of the molecule is C[C@H](O)CNCCCOc1ccc(Cl)cc1C(C)(C)C. The maximum atomic E-state index is 9.13. The Hall–Kier alpha value is -0.770. The van der Waals surface area contributed by atoms with E-state index in [-0.39, 0.29) is 11.5 Å². The van der Waals surface area contributed by atoms with Crippen LogP contribution < -0.4 is 10.1 Å². The van der Waals surface area contributed by atoms with Crippen molar-refractivity contribution in [2.45, 2.75) is 45.6 Å². The van der Waals surface area contributed by atoms with Gasteiger partial charge in [0, 0.05) is 17.1 Å². The van der Waals surface area contributed by atoms with E-state index in [2.05, 4.69) is 26.1 Å². The Morgan fingerprint density at radius 2 is 2.05 bits per heavy atom. The number of ether oxygens (including phenoxy) is 1. The second-order valence-corrected chi connectivity index (χ2v) is 6.58. The van der Waals surface area contributed by atoms with Crippen LogP contribution in [0.2, 0.25) is 5.02 Å². The first-order valence-electron chi connectivity index (χ1n) is 7.12. The zero-order chi connectivity index (χ0) is 15.2. The number of benzene rings is 1. The summed E-state index contributed by atoms with van der Waals surface area (Å²) in [5, 5.41) is 13.0. The van der Waals surface area contributed by atoms with Crippen molar-refractivity contribution < 1.29 is 9.84 Å². The molecule has 0 fully saturated rings. The van der Waals surface area contributed by atoms with Gasteiger partial charge in [0.25, 0.3) is 0 Å². The Morgan fingerprint density at radius 1 is 1.35 bits per heavy atom. The minimum Gasteiger partial charge on any atom is -0.493 e. The highest BCUT2D eigenvalue weighted by Crippen LogP contribution is 2.33. The zero-order valence-electron chi connectivity index (χ0n) is 12.9. The summed E-state index contributed by atoms with van der Waals surface area (Å²) in [6.45, 7) is 10.3. The van der Waals surface area contributed by atoms with E-state index in [4.69, 9.17) is 21.4 Å². The Labute approximate surface area is 127 Å². The first kappa shape index (κ1) is 17.3. The first-order chi connectivity index (χ1) is 9.30. The van der Waals surface area contributed by atoms with Gasteiger partial charge in [-0.1, -0.05) is 32.4 Å². The van der Waals surface area contributed by atoms with Crippen molar-refractivity contribution in [1.29, 1.82) is 0 Å². The molecule has 1 atom stereocenters. The van der Waals surface area contributed by atoms with Crippen LogP contribution in [0.5, 0.6) is 5.75 Å². The molecule has 2 N–H and O–H groups in total. The van der Waals surface area contributed by atoms with Crippen molar-refractivity contribution in [2.24, 2.45) is 0 Å². The van der Waals surface area contributed by atoms with Crippen molar-refractivity contribution >= 4 is 11.6 Å². The summed E-state index contributed by atoms with van der Waals surface area (Å²) in [6.07, 6.45) is 0.596. The van der Waals surface area contributed by atoms with Gasteiger partial charge >= 0.3 is 0 Å². The Balaban J connectivity index is 2.48. The van der Waals surface area contributed by atoms with Crippen LogP contribution in [0.1, 0.15) is 39.7 Å². The fourth-order valence-electron chi connectivity index (χ4n) is 1.90. The molecule has 0 aromatic heterocycles. The van der Waals surface area contributed by atoms with E-state index in [1.807, 2.05) is 18.2 Å². The number of hydrogen-bond donors (Lipinski definition) is 2. The minimum absolute atomic E-state index is 0.00477. The molecule has 0 amide bonds. The average Bonchev–Trinajstić information content (AvgIpc) is 2.33. The molecule has 0 aliphatic heterocycles. The Morgan fingerprint density at radius 3 is 2.65 bits per heavy atom. The summed E-state index contributed by atoms with van der Waals surface area (Å²) in [4.78, 5) is 0. The van der Waals surface area contributed by atoms with E-state index in [0.29, 0.717) is 13.2 Å². The molecule has 20 heavy (non-hydrogen) atoms. The van der Waals surface area contributed by atoms with Gasteiger partial charge in [-0.05, 0) is 43.5 Å². The number of hydrogen-bond acceptors (Lipinski definition) is 3. The average molecular weight is 300 g/mol. The topological polar surface area (TPSA) is 41.5 Å². The third-order valence-electron chi connectivity index (χ3n) is 2.94. The smallest absolute Gasteiger partial charge is 0.123 e. The molecule has 0 saturated carbocycles. The van der Waals surface area contributed by atoms with Crippen molar-refractivity contribution in [3.63, 3.8) is 0 Å². The van der Waals surface area contributed by atoms with Crippen LogP contribution in [0.4, 0.5) is 0 Å². The number of nitrogens with one attached hydrogen (secondary N) is 1. The second-order valence-electron chi connectivity index (χ2n) is 6.15. The predicted octanol–water partition coefficient (Wildman–Crippen LogP) is 3.38. The van der Waals surface area contributed by atoms with Crippen LogP contribution >= 0.6 is 11.6 Å². The van der Waals surface area contributed by atoms with Gasteiger partial charge in [-0.2, -0.15) is 0 Å². The molecule has 0 bridgehead atoms. The van der Waals surface area contributed by atoms with Crippen molar-refractivity contribution in [1.82, 2.24) is 5.32 Å². The van der Waals surface area contributed by atoms with E-state index in [1.54, 1.807) is 6.92 Å². The van der Waals surface area contributed by atoms with Crippen LogP contribution in [0.25, 0.3) is 0 Å². The Bertz CT molecular complexity index is 413. The van der Waals surface area contributed by atoms with Crippen LogP contribution in [-0.2, 0) is 5.41 Å². The minimum atomic E-state index is -0.306. The fourth-order valence-corrected chi connectivity index (χ4v) is 2.08. The molecule has 1 rings (SSSR count). The summed E-state index contributed by atoms with van der Waals surface area (Å²) in [7, 11) is 0. The van der Waals surface area contributed by atoms with Crippen LogP contribution in [-0.4, -0.2) is 30.9 Å². The summed E-state index contributed by atoms with van der Waals surface area (Å²) in [6, 6.07) is 5.77. The highest BCUT2D eigenvalue weighted by Gasteiger charge is 2.19. The monoisotopic (exact) mass is 299 g/mol. The lowest BCUT2D eigenvalue weighted by Gasteiger charge is -2.23. The molecule has 3 nitrogen and oxygen atoms in total. The molecular weight excluding hydrogens is 274 g/mol. The van der Waals surface area contributed by atoms with Gasteiger partial charge in [-0.3, -0.25) is 0 Å². The van der Waals surface area contributed by atoms with Crippen LogP contribution in [0.15, 0.2) is 18.2 Å². The van der Waals surface area contributed by atoms with Crippen LogP contribution in [0.3, 0.4) is 0 Å². The highest BCUT2D eigenvalue weighted by atomic mass is 35.5. The predicted molar refractivity (Wildman–Crippen MR) is 84.8 cm³/mol. The lowest BCUT2D eigenvalue weighted by Crippen LogP contribution is -2.26. The number of aliphatic hydroxyl groups is 1. The summed E-state index contributed by atoms with van der Waals surface area (Å²) >= 11 is 6.07. The molecule has 0 spiro atoms. The normalized spacial score (nSPS) is 13.3. The molecule has 0 aliphatic carbocycles. The van der Waals surface area contributed by atoms with Gasteiger partial charge in [0.2, 0.25) is 0 Å². The third kappa shape index (κ3) is 6.12. The van der Waals surface area contributed by atoms with Gasteiger partial charge in [0.05, 0.1) is 12.7 Å². The van der Waals surface area contributed by atoms with Gasteiger partial charge in [-0.25, -0.2) is 0 Å². The summed E-state index contributed by atoms with van der Waals surface area (Å²) in [5.74, 6) is 0.900. The van der Waals surface area contributed by atoms with Crippen molar-refractivity contribution in [3.8, 4) is 5.75 Å². The highest BCUT2D eigenvalue weighted by molar-refractivity contribution is 6.30. The number of halogens is 1. The van der Waals surface area contributed by atoms with E-state index >= 15 is 0 Å². The van der Waals surface area contributed by atoms with Crippen molar-refractivity contribution in [3.05, 3.63) is 28.8 Å². The largest absolute Gasteiger partial charge is 0.493 e. The van der Waals surface area contributed by atoms with Gasteiger partial charge < -0.3 is 15.2 Å². The summed E-state index contributed by atoms with van der Waals surface area (Å²) < 4.78 is 5.86. The summed E-state index contributed by atoms with van der Waals surface area (Å²) in [5.41, 5.74) is 1.13. The molecule has 1 aromatic carbocycles. The Kier molecular flexibility index (Phi) is 6.80.